The average Bonchev–Trinajstić information content (AvgIpc) is 1.91. The predicted molar refractivity (Wildman–Crippen MR) is 40.8 cm³/mol. The van der Waals surface area contributed by atoms with Gasteiger partial charge in [-0.05, 0) is 0 Å². The quantitative estimate of drug-likeness (QED) is 0.522. The fourth-order valence-electron chi connectivity index (χ4n) is 0.391. The number of alkyl halides is 1. The molecule has 1 atom stereocenters. The highest BCUT2D eigenvalue weighted by molar-refractivity contribution is 9.09. The van der Waals surface area contributed by atoms with Crippen molar-refractivity contribution >= 4 is 15.9 Å². The highest BCUT2D eigenvalue weighted by Gasteiger charge is 1.98. The molecule has 0 aromatic carbocycles. The van der Waals surface area contributed by atoms with Crippen LogP contribution >= 0.6 is 15.9 Å². The number of ether oxygens (including phenoxy) is 1. The summed E-state index contributed by atoms with van der Waals surface area (Å²) in [6, 6.07) is 0. The summed E-state index contributed by atoms with van der Waals surface area (Å²) in [5, 5.41) is 9.33. The summed E-state index contributed by atoms with van der Waals surface area (Å²) in [4.78, 5) is 0. The van der Waals surface area contributed by atoms with Gasteiger partial charge in [-0.25, -0.2) is 0 Å². The first kappa shape index (κ1) is 9.14. The van der Waals surface area contributed by atoms with E-state index in [1.54, 1.807) is 6.08 Å². The standard InChI is InChI=1S/C6H11BrO2/c1-2-6(5-8)9-4-3-7/h2,6,8H,1,3-5H2. The number of aliphatic hydroxyl groups is 1. The van der Waals surface area contributed by atoms with E-state index in [1.165, 1.54) is 0 Å². The largest absolute Gasteiger partial charge is 0.393 e. The molecule has 2 nitrogen and oxygen atoms in total. The first-order valence-electron chi connectivity index (χ1n) is 2.76. The summed E-state index contributed by atoms with van der Waals surface area (Å²) in [7, 11) is 0. The maximum atomic E-state index is 8.54. The van der Waals surface area contributed by atoms with Gasteiger partial charge in [0.2, 0.25) is 0 Å². The molecule has 0 heterocycles. The molecule has 0 amide bonds. The second-order valence-electron chi connectivity index (χ2n) is 1.52. The van der Waals surface area contributed by atoms with Gasteiger partial charge in [0.05, 0.1) is 19.3 Å². The molecular weight excluding hydrogens is 184 g/mol. The normalized spacial score (nSPS) is 13.1. The highest BCUT2D eigenvalue weighted by Crippen LogP contribution is 1.92. The molecule has 0 saturated heterocycles. The second-order valence-corrected chi connectivity index (χ2v) is 2.31. The van der Waals surface area contributed by atoms with Crippen LogP contribution in [0.25, 0.3) is 0 Å². The van der Waals surface area contributed by atoms with Gasteiger partial charge >= 0.3 is 0 Å². The summed E-state index contributed by atoms with van der Waals surface area (Å²) >= 11 is 3.20. The van der Waals surface area contributed by atoms with Crippen LogP contribution in [0.1, 0.15) is 0 Å². The van der Waals surface area contributed by atoms with E-state index in [4.69, 9.17) is 9.84 Å². The molecule has 0 aliphatic rings. The van der Waals surface area contributed by atoms with Crippen molar-refractivity contribution < 1.29 is 9.84 Å². The van der Waals surface area contributed by atoms with Crippen molar-refractivity contribution in [2.75, 3.05) is 18.5 Å². The second kappa shape index (κ2) is 6.26. The Hall–Kier alpha value is 0.140. The maximum Gasteiger partial charge on any atom is 0.0984 e. The van der Waals surface area contributed by atoms with Crippen molar-refractivity contribution in [1.29, 1.82) is 0 Å². The monoisotopic (exact) mass is 194 g/mol. The summed E-state index contributed by atoms with van der Waals surface area (Å²) in [5.74, 6) is 0. The molecule has 0 saturated carbocycles. The van der Waals surface area contributed by atoms with Crippen LogP contribution in [0.3, 0.4) is 0 Å². The Balaban J connectivity index is 3.20. The molecule has 0 bridgehead atoms. The summed E-state index contributed by atoms with van der Waals surface area (Å²) in [6.45, 7) is 4.10. The number of hydrogen-bond acceptors (Lipinski definition) is 2. The third kappa shape index (κ3) is 4.63. The van der Waals surface area contributed by atoms with E-state index in [9.17, 15) is 0 Å². The van der Waals surface area contributed by atoms with Crippen molar-refractivity contribution in [1.82, 2.24) is 0 Å². The minimum Gasteiger partial charge on any atom is -0.393 e. The molecule has 0 aliphatic carbocycles. The van der Waals surface area contributed by atoms with Gasteiger partial charge in [-0.1, -0.05) is 22.0 Å². The lowest BCUT2D eigenvalue weighted by Crippen LogP contribution is -2.15. The Kier molecular flexibility index (Phi) is 6.36. The van der Waals surface area contributed by atoms with Crippen molar-refractivity contribution in [2.24, 2.45) is 0 Å². The van der Waals surface area contributed by atoms with Gasteiger partial charge in [0.15, 0.2) is 0 Å². The SMILES string of the molecule is C=CC(CO)OCCBr. The number of hydrogen-bond donors (Lipinski definition) is 1. The number of halogens is 1. The zero-order valence-corrected chi connectivity index (χ0v) is 6.80. The Labute approximate surface area is 63.6 Å². The van der Waals surface area contributed by atoms with Crippen molar-refractivity contribution in [2.45, 2.75) is 6.10 Å². The van der Waals surface area contributed by atoms with Gasteiger partial charge in [-0.2, -0.15) is 0 Å². The van der Waals surface area contributed by atoms with Gasteiger partial charge < -0.3 is 9.84 Å². The third-order valence-electron chi connectivity index (χ3n) is 0.852. The van der Waals surface area contributed by atoms with Gasteiger partial charge in [0, 0.05) is 5.33 Å². The lowest BCUT2D eigenvalue weighted by Gasteiger charge is -2.07. The van der Waals surface area contributed by atoms with Crippen LogP contribution in [0.5, 0.6) is 0 Å². The predicted octanol–water partition coefficient (Wildman–Crippen LogP) is 0.945. The Morgan fingerprint density at radius 1 is 1.78 bits per heavy atom. The van der Waals surface area contributed by atoms with Crippen LogP contribution in [0.15, 0.2) is 12.7 Å². The molecule has 1 N–H and O–H groups in total. The minimum absolute atomic E-state index is 0.0104. The Morgan fingerprint density at radius 2 is 2.44 bits per heavy atom. The van der Waals surface area contributed by atoms with Crippen LogP contribution in [0.2, 0.25) is 0 Å². The zero-order valence-electron chi connectivity index (χ0n) is 5.22. The molecule has 0 radical (unpaired) electrons. The molecule has 54 valence electrons. The molecule has 1 unspecified atom stereocenters. The lowest BCUT2D eigenvalue weighted by molar-refractivity contribution is 0.0530. The Bertz CT molecular complexity index is 75.5. The molecule has 0 aliphatic heterocycles. The van der Waals surface area contributed by atoms with Gasteiger partial charge in [0.25, 0.3) is 0 Å². The third-order valence-corrected chi connectivity index (χ3v) is 1.18. The van der Waals surface area contributed by atoms with E-state index in [0.717, 1.165) is 5.33 Å². The van der Waals surface area contributed by atoms with Crippen LogP contribution < -0.4 is 0 Å². The fraction of sp³-hybridized carbons (Fsp3) is 0.667. The molecule has 3 heteroatoms. The number of aliphatic hydroxyl groups excluding tert-OH is 1. The van der Waals surface area contributed by atoms with Gasteiger partial charge in [-0.15, -0.1) is 6.58 Å². The first-order valence-corrected chi connectivity index (χ1v) is 3.88. The van der Waals surface area contributed by atoms with E-state index >= 15 is 0 Å². The van der Waals surface area contributed by atoms with Gasteiger partial charge in [-0.3, -0.25) is 0 Å². The molecule has 0 aromatic heterocycles. The molecular formula is C6H11BrO2. The summed E-state index contributed by atoms with van der Waals surface area (Å²) < 4.78 is 5.07. The van der Waals surface area contributed by atoms with Crippen LogP contribution in [-0.4, -0.2) is 29.8 Å². The molecule has 0 aromatic rings. The van der Waals surface area contributed by atoms with Crippen LogP contribution in [0, 0.1) is 0 Å². The molecule has 0 fully saturated rings. The van der Waals surface area contributed by atoms with E-state index in [1.807, 2.05) is 0 Å². The maximum absolute atomic E-state index is 8.54. The number of rotatable bonds is 5. The fourth-order valence-corrected chi connectivity index (χ4v) is 0.578. The summed E-state index contributed by atoms with van der Waals surface area (Å²) in [6.07, 6.45) is 1.38. The summed E-state index contributed by atoms with van der Waals surface area (Å²) in [5.41, 5.74) is 0. The van der Waals surface area contributed by atoms with Gasteiger partial charge in [0.1, 0.15) is 0 Å². The highest BCUT2D eigenvalue weighted by atomic mass is 79.9. The van der Waals surface area contributed by atoms with Crippen molar-refractivity contribution in [3.05, 3.63) is 12.7 Å². The van der Waals surface area contributed by atoms with Crippen molar-refractivity contribution in [3.63, 3.8) is 0 Å². The topological polar surface area (TPSA) is 29.5 Å². The van der Waals surface area contributed by atoms with E-state index in [-0.39, 0.29) is 12.7 Å². The average molecular weight is 195 g/mol. The van der Waals surface area contributed by atoms with Crippen LogP contribution in [-0.2, 0) is 4.74 Å². The molecule has 0 rings (SSSR count). The lowest BCUT2D eigenvalue weighted by atomic mass is 10.4. The first-order chi connectivity index (χ1) is 4.35. The smallest absolute Gasteiger partial charge is 0.0984 e. The van der Waals surface area contributed by atoms with E-state index < -0.39 is 0 Å². The Morgan fingerprint density at radius 3 is 2.78 bits per heavy atom. The molecule has 9 heavy (non-hydrogen) atoms. The minimum atomic E-state index is -0.206. The van der Waals surface area contributed by atoms with Crippen molar-refractivity contribution in [3.8, 4) is 0 Å². The van der Waals surface area contributed by atoms with E-state index in [2.05, 4.69) is 22.5 Å². The van der Waals surface area contributed by atoms with E-state index in [0.29, 0.717) is 6.61 Å². The van der Waals surface area contributed by atoms with Crippen LogP contribution in [0.4, 0.5) is 0 Å². The zero-order chi connectivity index (χ0) is 7.11. The molecule has 0 spiro atoms.